The van der Waals surface area contributed by atoms with Gasteiger partial charge in [-0.05, 0) is 36.4 Å². The average Bonchev–Trinajstić information content (AvgIpc) is 2.51. The van der Waals surface area contributed by atoms with Gasteiger partial charge in [-0.3, -0.25) is 9.97 Å². The Kier molecular flexibility index (Phi) is 3.90. The maximum atomic E-state index is 6.29. The van der Waals surface area contributed by atoms with Crippen molar-refractivity contribution in [3.8, 4) is 22.4 Å². The van der Waals surface area contributed by atoms with Gasteiger partial charge < -0.3 is 5.73 Å². The van der Waals surface area contributed by atoms with Crippen molar-refractivity contribution >= 4 is 33.2 Å². The number of hydrogen-bond donors (Lipinski definition) is 1. The van der Waals surface area contributed by atoms with Gasteiger partial charge in [0.25, 0.3) is 0 Å². The van der Waals surface area contributed by atoms with Crippen molar-refractivity contribution in [3.63, 3.8) is 0 Å². The number of nitrogens with two attached hydrogens (primary N) is 1. The van der Waals surface area contributed by atoms with Crippen LogP contribution in [0.4, 0.5) is 5.69 Å². The molecule has 21 heavy (non-hydrogen) atoms. The lowest BCUT2D eigenvalue weighted by Gasteiger charge is -2.10. The van der Waals surface area contributed by atoms with E-state index >= 15 is 0 Å². The monoisotopic (exact) mass is 359 g/mol. The summed E-state index contributed by atoms with van der Waals surface area (Å²) >= 11 is 9.75. The Morgan fingerprint density at radius 3 is 2.67 bits per heavy atom. The van der Waals surface area contributed by atoms with E-state index in [4.69, 9.17) is 17.3 Å². The summed E-state index contributed by atoms with van der Waals surface area (Å²) in [5.74, 6) is 0. The van der Waals surface area contributed by atoms with Crippen LogP contribution in [-0.4, -0.2) is 9.97 Å². The number of rotatable bonds is 2. The maximum Gasteiger partial charge on any atom is 0.0724 e. The first-order valence-electron chi connectivity index (χ1n) is 6.26. The predicted molar refractivity (Wildman–Crippen MR) is 90.0 cm³/mol. The first-order valence-corrected chi connectivity index (χ1v) is 7.43. The third kappa shape index (κ3) is 2.91. The summed E-state index contributed by atoms with van der Waals surface area (Å²) in [6.45, 7) is 0. The summed E-state index contributed by atoms with van der Waals surface area (Å²) in [6.07, 6.45) is 5.14. The molecule has 0 fully saturated rings. The molecule has 0 radical (unpaired) electrons. The standard InChI is InChI=1S/C16H11BrClN3/c17-11-3-4-15(19)13(6-11)12-7-16(21-9-14(12)18)10-2-1-5-20-8-10/h1-9H,19H2. The Labute approximate surface area is 135 Å². The van der Waals surface area contributed by atoms with Gasteiger partial charge in [0.15, 0.2) is 0 Å². The molecule has 0 atom stereocenters. The van der Waals surface area contributed by atoms with Gasteiger partial charge in [-0.25, -0.2) is 0 Å². The van der Waals surface area contributed by atoms with Crippen LogP contribution in [0.15, 0.2) is 59.5 Å². The van der Waals surface area contributed by atoms with Crippen LogP contribution in [-0.2, 0) is 0 Å². The highest BCUT2D eigenvalue weighted by Crippen LogP contribution is 2.35. The smallest absolute Gasteiger partial charge is 0.0724 e. The number of pyridine rings is 2. The van der Waals surface area contributed by atoms with Crippen molar-refractivity contribution in [2.75, 3.05) is 5.73 Å². The Morgan fingerprint density at radius 1 is 1.05 bits per heavy atom. The molecule has 0 saturated carbocycles. The third-order valence-corrected chi connectivity index (χ3v) is 3.91. The average molecular weight is 361 g/mol. The zero-order valence-corrected chi connectivity index (χ0v) is 13.3. The molecule has 3 nitrogen and oxygen atoms in total. The number of benzene rings is 1. The number of nitrogen functional groups attached to an aromatic ring is 1. The molecular formula is C16H11BrClN3. The molecule has 0 aliphatic carbocycles. The number of nitrogens with zero attached hydrogens (tertiary/aromatic N) is 2. The molecule has 3 aromatic rings. The highest BCUT2D eigenvalue weighted by atomic mass is 79.9. The highest BCUT2D eigenvalue weighted by molar-refractivity contribution is 9.10. The molecule has 2 aromatic heterocycles. The largest absolute Gasteiger partial charge is 0.398 e. The molecule has 3 rings (SSSR count). The molecule has 0 saturated heterocycles. The van der Waals surface area contributed by atoms with E-state index in [1.165, 1.54) is 0 Å². The van der Waals surface area contributed by atoms with Crippen molar-refractivity contribution in [3.05, 3.63) is 64.5 Å². The first kappa shape index (κ1) is 14.0. The minimum absolute atomic E-state index is 0.562. The lowest BCUT2D eigenvalue weighted by atomic mass is 10.0. The molecule has 104 valence electrons. The molecule has 1 aromatic carbocycles. The molecule has 0 aliphatic rings. The summed E-state index contributed by atoms with van der Waals surface area (Å²) in [4.78, 5) is 8.47. The van der Waals surface area contributed by atoms with Crippen molar-refractivity contribution in [2.45, 2.75) is 0 Å². The third-order valence-electron chi connectivity index (χ3n) is 3.12. The Hall–Kier alpha value is -1.91. The van der Waals surface area contributed by atoms with E-state index in [-0.39, 0.29) is 0 Å². The van der Waals surface area contributed by atoms with Crippen LogP contribution in [0.5, 0.6) is 0 Å². The van der Waals surface area contributed by atoms with E-state index in [0.717, 1.165) is 26.9 Å². The highest BCUT2D eigenvalue weighted by Gasteiger charge is 2.11. The van der Waals surface area contributed by atoms with Crippen LogP contribution in [0.3, 0.4) is 0 Å². The van der Waals surface area contributed by atoms with Gasteiger partial charge in [0.1, 0.15) is 0 Å². The van der Waals surface area contributed by atoms with E-state index in [9.17, 15) is 0 Å². The molecule has 0 amide bonds. The van der Waals surface area contributed by atoms with E-state index in [2.05, 4.69) is 25.9 Å². The minimum atomic E-state index is 0.562. The number of hydrogen-bond acceptors (Lipinski definition) is 3. The van der Waals surface area contributed by atoms with Gasteiger partial charge in [0.05, 0.1) is 10.7 Å². The van der Waals surface area contributed by atoms with Crippen molar-refractivity contribution in [2.24, 2.45) is 0 Å². The Balaban J connectivity index is 2.17. The van der Waals surface area contributed by atoms with E-state index in [0.29, 0.717) is 10.7 Å². The molecule has 2 heterocycles. The quantitative estimate of drug-likeness (QED) is 0.667. The van der Waals surface area contributed by atoms with Crippen LogP contribution < -0.4 is 5.73 Å². The lowest BCUT2D eigenvalue weighted by Crippen LogP contribution is -1.93. The van der Waals surface area contributed by atoms with E-state index in [1.807, 2.05) is 36.4 Å². The van der Waals surface area contributed by atoms with Crippen LogP contribution in [0.25, 0.3) is 22.4 Å². The zero-order chi connectivity index (χ0) is 14.8. The lowest BCUT2D eigenvalue weighted by molar-refractivity contribution is 1.28. The predicted octanol–water partition coefficient (Wildman–Crippen LogP) is 4.81. The zero-order valence-electron chi connectivity index (χ0n) is 10.9. The van der Waals surface area contributed by atoms with Gasteiger partial charge in [0.2, 0.25) is 0 Å². The van der Waals surface area contributed by atoms with Gasteiger partial charge in [0, 0.05) is 45.4 Å². The number of halogens is 2. The topological polar surface area (TPSA) is 51.8 Å². The summed E-state index contributed by atoms with van der Waals surface area (Å²) in [7, 11) is 0. The molecule has 0 bridgehead atoms. The van der Waals surface area contributed by atoms with E-state index < -0.39 is 0 Å². The van der Waals surface area contributed by atoms with Crippen LogP contribution in [0, 0.1) is 0 Å². The first-order chi connectivity index (χ1) is 10.1. The van der Waals surface area contributed by atoms with E-state index in [1.54, 1.807) is 18.6 Å². The molecule has 2 N–H and O–H groups in total. The van der Waals surface area contributed by atoms with Crippen molar-refractivity contribution in [1.82, 2.24) is 9.97 Å². The van der Waals surface area contributed by atoms with Gasteiger partial charge in [-0.15, -0.1) is 0 Å². The van der Waals surface area contributed by atoms with Crippen LogP contribution >= 0.6 is 27.5 Å². The van der Waals surface area contributed by atoms with Crippen molar-refractivity contribution < 1.29 is 0 Å². The molecule has 0 aliphatic heterocycles. The second-order valence-corrected chi connectivity index (χ2v) is 5.85. The fourth-order valence-electron chi connectivity index (χ4n) is 2.08. The maximum absolute atomic E-state index is 6.29. The Morgan fingerprint density at radius 2 is 1.90 bits per heavy atom. The second kappa shape index (κ2) is 5.84. The number of aromatic nitrogens is 2. The van der Waals surface area contributed by atoms with Crippen LogP contribution in [0.1, 0.15) is 0 Å². The van der Waals surface area contributed by atoms with Gasteiger partial charge in [-0.2, -0.15) is 0 Å². The SMILES string of the molecule is Nc1ccc(Br)cc1-c1cc(-c2cccnc2)ncc1Cl. The van der Waals surface area contributed by atoms with Gasteiger partial charge in [-0.1, -0.05) is 27.5 Å². The summed E-state index contributed by atoms with van der Waals surface area (Å²) in [5.41, 5.74) is 10.2. The fourth-order valence-corrected chi connectivity index (χ4v) is 2.65. The molecule has 0 unspecified atom stereocenters. The minimum Gasteiger partial charge on any atom is -0.398 e. The summed E-state index contributed by atoms with van der Waals surface area (Å²) < 4.78 is 0.947. The fraction of sp³-hybridized carbons (Fsp3) is 0. The summed E-state index contributed by atoms with van der Waals surface area (Å²) in [6, 6.07) is 11.5. The van der Waals surface area contributed by atoms with Gasteiger partial charge >= 0.3 is 0 Å². The molecular weight excluding hydrogens is 350 g/mol. The normalized spacial score (nSPS) is 10.6. The molecule has 0 spiro atoms. The Bertz CT molecular complexity index is 791. The number of anilines is 1. The van der Waals surface area contributed by atoms with Crippen LogP contribution in [0.2, 0.25) is 5.02 Å². The summed E-state index contributed by atoms with van der Waals surface area (Å²) in [5, 5.41) is 0.562. The molecule has 5 heteroatoms. The van der Waals surface area contributed by atoms with Crippen molar-refractivity contribution in [1.29, 1.82) is 0 Å². The second-order valence-electron chi connectivity index (χ2n) is 4.52.